The molecule has 8 nitrogen and oxygen atoms in total. The summed E-state index contributed by atoms with van der Waals surface area (Å²) in [6.07, 6.45) is 2.29. The van der Waals surface area contributed by atoms with Crippen molar-refractivity contribution in [3.63, 3.8) is 0 Å². The Morgan fingerprint density at radius 3 is 2.62 bits per heavy atom. The maximum atomic E-state index is 12.5. The fraction of sp³-hybridized carbons (Fsp3) is 0.474. The lowest BCUT2D eigenvalue weighted by Gasteiger charge is -2.35. The molecule has 0 aliphatic carbocycles. The van der Waals surface area contributed by atoms with Crippen molar-refractivity contribution in [2.45, 2.75) is 19.1 Å². The third-order valence-corrected chi connectivity index (χ3v) is 6.56. The van der Waals surface area contributed by atoms with E-state index in [0.717, 1.165) is 18.9 Å². The minimum Gasteiger partial charge on any atom is -0.364 e. The van der Waals surface area contributed by atoms with E-state index in [0.29, 0.717) is 31.9 Å². The minimum absolute atomic E-state index is 0. The van der Waals surface area contributed by atoms with Gasteiger partial charge < -0.3 is 14.7 Å². The molecule has 1 fully saturated rings. The second-order valence-electron chi connectivity index (χ2n) is 6.85. The van der Waals surface area contributed by atoms with Gasteiger partial charge in [-0.2, -0.15) is 4.31 Å². The fourth-order valence-corrected chi connectivity index (χ4v) is 4.71. The van der Waals surface area contributed by atoms with Gasteiger partial charge >= 0.3 is 0 Å². The molecule has 1 aromatic heterocycles. The number of rotatable bonds is 6. The van der Waals surface area contributed by atoms with Crippen molar-refractivity contribution in [1.82, 2.24) is 19.7 Å². The number of guanidine groups is 1. The maximum absolute atomic E-state index is 12.5. The van der Waals surface area contributed by atoms with Crippen LogP contribution in [-0.2, 0) is 22.2 Å². The molecule has 1 aliphatic heterocycles. The lowest BCUT2D eigenvalue weighted by molar-refractivity contribution is 0.260. The van der Waals surface area contributed by atoms with Crippen molar-refractivity contribution < 1.29 is 12.9 Å². The number of sulfonamides is 1. The zero-order valence-electron chi connectivity index (χ0n) is 16.7. The summed E-state index contributed by atoms with van der Waals surface area (Å²) in [7, 11) is -1.64. The number of nitrogens with one attached hydrogen (secondary N) is 1. The van der Waals surface area contributed by atoms with Crippen molar-refractivity contribution in [2.24, 2.45) is 4.99 Å². The van der Waals surface area contributed by atoms with Gasteiger partial charge in [0.1, 0.15) is 12.0 Å². The molecule has 0 spiro atoms. The molecule has 0 radical (unpaired) electrons. The summed E-state index contributed by atoms with van der Waals surface area (Å²) >= 11 is 0. The Morgan fingerprint density at radius 1 is 1.24 bits per heavy atom. The van der Waals surface area contributed by atoms with E-state index in [4.69, 9.17) is 4.52 Å². The minimum atomic E-state index is -3.40. The van der Waals surface area contributed by atoms with E-state index in [-0.39, 0.29) is 29.7 Å². The number of halogens is 1. The predicted molar refractivity (Wildman–Crippen MR) is 124 cm³/mol. The Bertz CT molecular complexity index is 894. The van der Waals surface area contributed by atoms with E-state index in [1.54, 1.807) is 13.1 Å². The molecule has 2 heterocycles. The summed E-state index contributed by atoms with van der Waals surface area (Å²) in [4.78, 5) is 6.45. The molecule has 2 aromatic rings. The van der Waals surface area contributed by atoms with Crippen molar-refractivity contribution in [3.8, 4) is 0 Å². The van der Waals surface area contributed by atoms with Crippen LogP contribution < -0.4 is 5.32 Å². The van der Waals surface area contributed by atoms with Crippen LogP contribution in [0.3, 0.4) is 0 Å². The van der Waals surface area contributed by atoms with Gasteiger partial charge in [-0.1, -0.05) is 35.0 Å². The average molecular weight is 533 g/mol. The summed E-state index contributed by atoms with van der Waals surface area (Å²) in [6, 6.07) is 10.0. The first-order chi connectivity index (χ1) is 13.5. The SMILES string of the molecule is CN=C(NCCc1cccc(C)c1)N1CCN(S(=O)(=O)Cc2ccon2)CC1.I. The molecule has 10 heteroatoms. The second-order valence-corrected chi connectivity index (χ2v) is 8.82. The highest BCUT2D eigenvalue weighted by atomic mass is 127. The molecule has 0 saturated carbocycles. The molecule has 1 aromatic carbocycles. The van der Waals surface area contributed by atoms with Gasteiger partial charge in [0.05, 0.1) is 5.69 Å². The second kappa shape index (κ2) is 10.9. The van der Waals surface area contributed by atoms with Crippen LogP contribution in [0, 0.1) is 6.92 Å². The molecule has 1 saturated heterocycles. The van der Waals surface area contributed by atoms with E-state index >= 15 is 0 Å². The zero-order chi connectivity index (χ0) is 20.0. The van der Waals surface area contributed by atoms with Gasteiger partial charge in [-0.25, -0.2) is 8.42 Å². The Labute approximate surface area is 189 Å². The summed E-state index contributed by atoms with van der Waals surface area (Å²) in [5, 5.41) is 7.08. The monoisotopic (exact) mass is 533 g/mol. The van der Waals surface area contributed by atoms with Crippen LogP contribution in [0.4, 0.5) is 0 Å². The maximum Gasteiger partial charge on any atom is 0.220 e. The lowest BCUT2D eigenvalue weighted by Crippen LogP contribution is -2.54. The number of hydrogen-bond donors (Lipinski definition) is 1. The molecule has 3 rings (SSSR count). The van der Waals surface area contributed by atoms with Crippen LogP contribution >= 0.6 is 24.0 Å². The number of nitrogens with zero attached hydrogens (tertiary/aromatic N) is 4. The smallest absolute Gasteiger partial charge is 0.220 e. The summed E-state index contributed by atoms with van der Waals surface area (Å²) in [5.74, 6) is 0.675. The highest BCUT2D eigenvalue weighted by Gasteiger charge is 2.28. The third kappa shape index (κ3) is 6.68. The van der Waals surface area contributed by atoms with Crippen LogP contribution in [-0.4, -0.2) is 68.5 Å². The van der Waals surface area contributed by atoms with Gasteiger partial charge in [0.25, 0.3) is 0 Å². The molecular weight excluding hydrogens is 505 g/mol. The van der Waals surface area contributed by atoms with E-state index in [2.05, 4.69) is 51.6 Å². The van der Waals surface area contributed by atoms with E-state index < -0.39 is 10.0 Å². The topological polar surface area (TPSA) is 91.0 Å². The van der Waals surface area contributed by atoms with Crippen LogP contribution in [0.1, 0.15) is 16.8 Å². The fourth-order valence-electron chi connectivity index (χ4n) is 3.29. The van der Waals surface area contributed by atoms with Gasteiger partial charge in [-0.3, -0.25) is 4.99 Å². The number of hydrogen-bond acceptors (Lipinski definition) is 5. The van der Waals surface area contributed by atoms with Gasteiger partial charge in [-0.15, -0.1) is 24.0 Å². The highest BCUT2D eigenvalue weighted by molar-refractivity contribution is 14.0. The molecule has 1 N–H and O–H groups in total. The Hall–Kier alpha value is -1.66. The standard InChI is InChI=1S/C19H27N5O3S.HI/c1-16-4-3-5-17(14-16)6-8-21-19(20-2)23-9-11-24(12-10-23)28(25,26)15-18-7-13-27-22-18;/h3-5,7,13-14H,6,8-12,15H2,1-2H3,(H,20,21);1H. The highest BCUT2D eigenvalue weighted by Crippen LogP contribution is 2.13. The Balaban J connectivity index is 0.00000300. The quantitative estimate of drug-likeness (QED) is 0.347. The number of aryl methyl sites for hydroxylation is 1. The first-order valence-corrected chi connectivity index (χ1v) is 11.0. The van der Waals surface area contributed by atoms with Crippen molar-refractivity contribution in [1.29, 1.82) is 0 Å². The Morgan fingerprint density at radius 2 is 2.00 bits per heavy atom. The van der Waals surface area contributed by atoms with E-state index in [1.165, 1.54) is 21.7 Å². The summed E-state index contributed by atoms with van der Waals surface area (Å²) in [6.45, 7) is 4.93. The molecule has 0 atom stereocenters. The molecular formula is C19H28IN5O3S. The molecule has 0 bridgehead atoms. The van der Waals surface area contributed by atoms with E-state index in [9.17, 15) is 8.42 Å². The molecule has 29 heavy (non-hydrogen) atoms. The normalized spacial score (nSPS) is 15.8. The van der Waals surface area contributed by atoms with Crippen molar-refractivity contribution >= 4 is 40.0 Å². The number of piperazine rings is 1. The van der Waals surface area contributed by atoms with Crippen LogP contribution in [0.25, 0.3) is 0 Å². The molecule has 0 unspecified atom stereocenters. The zero-order valence-corrected chi connectivity index (χ0v) is 19.9. The van der Waals surface area contributed by atoms with Crippen LogP contribution in [0.15, 0.2) is 46.1 Å². The largest absolute Gasteiger partial charge is 0.364 e. The number of aliphatic imine (C=N–C) groups is 1. The predicted octanol–water partition coefficient (Wildman–Crippen LogP) is 1.87. The first-order valence-electron chi connectivity index (χ1n) is 9.36. The van der Waals surface area contributed by atoms with Crippen molar-refractivity contribution in [2.75, 3.05) is 39.8 Å². The van der Waals surface area contributed by atoms with E-state index in [1.807, 2.05) is 0 Å². The van der Waals surface area contributed by atoms with Crippen LogP contribution in [0.2, 0.25) is 0 Å². The molecule has 160 valence electrons. The summed E-state index contributed by atoms with van der Waals surface area (Å²) < 4.78 is 31.3. The first kappa shape index (κ1) is 23.6. The molecule has 1 aliphatic rings. The van der Waals surface area contributed by atoms with Crippen molar-refractivity contribution in [3.05, 3.63) is 53.4 Å². The third-order valence-electron chi connectivity index (χ3n) is 4.74. The number of benzene rings is 1. The summed E-state index contributed by atoms with van der Waals surface area (Å²) in [5.41, 5.74) is 2.97. The number of aromatic nitrogens is 1. The lowest BCUT2D eigenvalue weighted by atomic mass is 10.1. The van der Waals surface area contributed by atoms with Gasteiger partial charge in [0.15, 0.2) is 5.96 Å². The van der Waals surface area contributed by atoms with Gasteiger partial charge in [0, 0.05) is 45.8 Å². The molecule has 0 amide bonds. The average Bonchev–Trinajstić information content (AvgIpc) is 3.18. The van der Waals surface area contributed by atoms with Gasteiger partial charge in [-0.05, 0) is 18.9 Å². The van der Waals surface area contributed by atoms with Crippen LogP contribution in [0.5, 0.6) is 0 Å². The van der Waals surface area contributed by atoms with Gasteiger partial charge in [0.2, 0.25) is 10.0 Å². The Kier molecular flexibility index (Phi) is 8.90.